The summed E-state index contributed by atoms with van der Waals surface area (Å²) in [6, 6.07) is 9.12. The monoisotopic (exact) mass is 300 g/mol. The third kappa shape index (κ3) is 2.68. The Morgan fingerprint density at radius 2 is 2.10 bits per heavy atom. The van der Waals surface area contributed by atoms with Gasteiger partial charge in [0.2, 0.25) is 5.88 Å². The molecule has 0 aliphatic rings. The van der Waals surface area contributed by atoms with Crippen molar-refractivity contribution < 1.29 is 9.84 Å². The van der Waals surface area contributed by atoms with Crippen LogP contribution < -0.4 is 4.74 Å². The van der Waals surface area contributed by atoms with Crippen LogP contribution in [0.15, 0.2) is 42.7 Å². The third-order valence-electron chi connectivity index (χ3n) is 3.16. The number of ether oxygens (including phenoxy) is 1. The lowest BCUT2D eigenvalue weighted by Gasteiger charge is -2.11. The predicted octanol–water partition coefficient (Wildman–Crippen LogP) is 3.88. The van der Waals surface area contributed by atoms with E-state index in [-0.39, 0.29) is 6.61 Å². The van der Waals surface area contributed by atoms with Crippen molar-refractivity contribution >= 4 is 22.5 Å². The molecule has 0 radical (unpaired) electrons. The van der Waals surface area contributed by atoms with Gasteiger partial charge in [-0.3, -0.25) is 4.98 Å². The maximum Gasteiger partial charge on any atom is 0.222 e. The van der Waals surface area contributed by atoms with Gasteiger partial charge in [0.05, 0.1) is 11.6 Å². The Bertz CT molecular complexity index is 805. The summed E-state index contributed by atoms with van der Waals surface area (Å²) in [5.41, 5.74) is 2.29. The first-order valence-corrected chi connectivity index (χ1v) is 6.84. The van der Waals surface area contributed by atoms with Crippen LogP contribution in [0.2, 0.25) is 5.02 Å². The molecule has 3 aromatic rings. The Morgan fingerprint density at radius 1 is 1.24 bits per heavy atom. The molecule has 2 heterocycles. The van der Waals surface area contributed by atoms with Gasteiger partial charge in [0.1, 0.15) is 5.52 Å². The van der Waals surface area contributed by atoms with Crippen LogP contribution >= 0.6 is 11.6 Å². The van der Waals surface area contributed by atoms with Gasteiger partial charge < -0.3 is 9.84 Å². The van der Waals surface area contributed by atoms with Gasteiger partial charge in [-0.2, -0.15) is 0 Å². The first-order chi connectivity index (χ1) is 10.2. The molecule has 0 aliphatic heterocycles. The number of aliphatic hydroxyl groups excluding tert-OH is 1. The molecule has 0 saturated carbocycles. The minimum Gasteiger partial charge on any atom is -0.436 e. The van der Waals surface area contributed by atoms with Crippen molar-refractivity contribution in [3.05, 3.63) is 58.9 Å². The molecule has 0 fully saturated rings. The number of hydrogen-bond acceptors (Lipinski definition) is 4. The number of rotatable bonds is 3. The molecule has 3 rings (SSSR count). The van der Waals surface area contributed by atoms with Crippen molar-refractivity contribution in [3.63, 3.8) is 0 Å². The molecular weight excluding hydrogens is 288 g/mol. The van der Waals surface area contributed by atoms with Crippen LogP contribution in [0.4, 0.5) is 0 Å². The average Bonchev–Trinajstić information content (AvgIpc) is 2.52. The summed E-state index contributed by atoms with van der Waals surface area (Å²) in [4.78, 5) is 8.55. The normalized spacial score (nSPS) is 10.8. The van der Waals surface area contributed by atoms with E-state index in [1.807, 2.05) is 25.1 Å². The van der Waals surface area contributed by atoms with E-state index < -0.39 is 0 Å². The fourth-order valence-electron chi connectivity index (χ4n) is 2.11. The second-order valence-electron chi connectivity index (χ2n) is 4.67. The van der Waals surface area contributed by atoms with Crippen molar-refractivity contribution in [2.24, 2.45) is 0 Å². The maximum atomic E-state index is 9.11. The summed E-state index contributed by atoms with van der Waals surface area (Å²) < 4.78 is 5.86. The van der Waals surface area contributed by atoms with Gasteiger partial charge >= 0.3 is 0 Å². The van der Waals surface area contributed by atoms with Gasteiger partial charge in [-0.15, -0.1) is 0 Å². The highest BCUT2D eigenvalue weighted by molar-refractivity contribution is 6.35. The molecule has 0 atom stereocenters. The van der Waals surface area contributed by atoms with Crippen molar-refractivity contribution in [3.8, 4) is 11.6 Å². The molecular formula is C16H13ClN2O2. The summed E-state index contributed by atoms with van der Waals surface area (Å²) in [6.45, 7) is 1.84. The standard InChI is InChI=1S/C16H13ClN2O2/c1-10-7-11(9-20)8-19-16(10)21-14-5-4-13(17)12-3-2-6-18-15(12)14/h2-8,20H,9H2,1H3. The van der Waals surface area contributed by atoms with E-state index in [0.29, 0.717) is 22.2 Å². The molecule has 0 spiro atoms. The van der Waals surface area contributed by atoms with Gasteiger partial charge in [-0.1, -0.05) is 11.6 Å². The lowest BCUT2D eigenvalue weighted by atomic mass is 10.2. The predicted molar refractivity (Wildman–Crippen MR) is 81.7 cm³/mol. The van der Waals surface area contributed by atoms with Crippen LogP contribution in [0.1, 0.15) is 11.1 Å². The van der Waals surface area contributed by atoms with Crippen LogP contribution in [0.25, 0.3) is 10.9 Å². The molecule has 5 heteroatoms. The van der Waals surface area contributed by atoms with Gasteiger partial charge in [0, 0.05) is 23.3 Å². The highest BCUT2D eigenvalue weighted by atomic mass is 35.5. The molecule has 1 aromatic carbocycles. The van der Waals surface area contributed by atoms with Gasteiger partial charge in [-0.05, 0) is 42.8 Å². The van der Waals surface area contributed by atoms with Crippen LogP contribution in [-0.4, -0.2) is 15.1 Å². The van der Waals surface area contributed by atoms with Gasteiger partial charge in [0.25, 0.3) is 0 Å². The van der Waals surface area contributed by atoms with E-state index >= 15 is 0 Å². The van der Waals surface area contributed by atoms with E-state index in [0.717, 1.165) is 16.5 Å². The number of halogens is 1. The molecule has 0 unspecified atom stereocenters. The Hall–Kier alpha value is -2.17. The maximum absolute atomic E-state index is 9.11. The lowest BCUT2D eigenvalue weighted by Crippen LogP contribution is -1.95. The largest absolute Gasteiger partial charge is 0.436 e. The lowest BCUT2D eigenvalue weighted by molar-refractivity contribution is 0.281. The van der Waals surface area contributed by atoms with Crippen LogP contribution in [-0.2, 0) is 6.61 Å². The Balaban J connectivity index is 2.04. The molecule has 0 amide bonds. The smallest absolute Gasteiger partial charge is 0.222 e. The number of aryl methyl sites for hydroxylation is 1. The zero-order valence-corrected chi connectivity index (χ0v) is 12.1. The first-order valence-electron chi connectivity index (χ1n) is 6.46. The highest BCUT2D eigenvalue weighted by Gasteiger charge is 2.10. The molecule has 106 valence electrons. The molecule has 0 bridgehead atoms. The third-order valence-corrected chi connectivity index (χ3v) is 3.49. The second kappa shape index (κ2) is 5.68. The Morgan fingerprint density at radius 3 is 2.86 bits per heavy atom. The molecule has 2 aromatic heterocycles. The minimum atomic E-state index is -0.0421. The summed E-state index contributed by atoms with van der Waals surface area (Å²) in [6.07, 6.45) is 3.29. The number of aliphatic hydroxyl groups is 1. The number of pyridine rings is 2. The van der Waals surface area contributed by atoms with Crippen LogP contribution in [0, 0.1) is 6.92 Å². The molecule has 4 nitrogen and oxygen atoms in total. The fourth-order valence-corrected chi connectivity index (χ4v) is 2.33. The zero-order chi connectivity index (χ0) is 14.8. The average molecular weight is 301 g/mol. The summed E-state index contributed by atoms with van der Waals surface area (Å²) >= 11 is 6.16. The number of hydrogen-bond donors (Lipinski definition) is 1. The molecule has 21 heavy (non-hydrogen) atoms. The number of nitrogens with zero attached hydrogens (tertiary/aromatic N) is 2. The molecule has 0 aliphatic carbocycles. The summed E-state index contributed by atoms with van der Waals surface area (Å²) in [7, 11) is 0. The topological polar surface area (TPSA) is 55.2 Å². The summed E-state index contributed by atoms with van der Waals surface area (Å²) in [5, 5.41) is 10.6. The number of benzene rings is 1. The Labute approximate surface area is 127 Å². The number of fused-ring (bicyclic) bond motifs is 1. The molecule has 1 N–H and O–H groups in total. The van der Waals surface area contributed by atoms with E-state index in [2.05, 4.69) is 9.97 Å². The first kappa shape index (κ1) is 13.8. The van der Waals surface area contributed by atoms with Gasteiger partial charge in [-0.25, -0.2) is 4.98 Å². The van der Waals surface area contributed by atoms with Crippen molar-refractivity contribution in [2.45, 2.75) is 13.5 Å². The Kier molecular flexibility index (Phi) is 3.73. The van der Waals surface area contributed by atoms with E-state index in [1.54, 1.807) is 24.5 Å². The van der Waals surface area contributed by atoms with E-state index in [9.17, 15) is 0 Å². The van der Waals surface area contributed by atoms with Crippen molar-refractivity contribution in [1.82, 2.24) is 9.97 Å². The minimum absolute atomic E-state index is 0.0421. The molecule has 0 saturated heterocycles. The van der Waals surface area contributed by atoms with E-state index in [1.165, 1.54) is 0 Å². The van der Waals surface area contributed by atoms with Crippen molar-refractivity contribution in [2.75, 3.05) is 0 Å². The van der Waals surface area contributed by atoms with Crippen LogP contribution in [0.3, 0.4) is 0 Å². The number of aromatic nitrogens is 2. The fraction of sp³-hybridized carbons (Fsp3) is 0.125. The van der Waals surface area contributed by atoms with Gasteiger partial charge in [0.15, 0.2) is 5.75 Å². The van der Waals surface area contributed by atoms with E-state index in [4.69, 9.17) is 21.4 Å². The zero-order valence-electron chi connectivity index (χ0n) is 11.4. The second-order valence-corrected chi connectivity index (χ2v) is 5.08. The SMILES string of the molecule is Cc1cc(CO)cnc1Oc1ccc(Cl)c2cccnc12. The van der Waals surface area contributed by atoms with Crippen LogP contribution in [0.5, 0.6) is 11.6 Å². The van der Waals surface area contributed by atoms with Crippen molar-refractivity contribution in [1.29, 1.82) is 0 Å². The highest BCUT2D eigenvalue weighted by Crippen LogP contribution is 2.33. The summed E-state index contributed by atoms with van der Waals surface area (Å²) in [5.74, 6) is 1.09. The quantitative estimate of drug-likeness (QED) is 0.797.